The minimum Gasteiger partial charge on any atom is -0.494 e. The normalized spacial score (nSPS) is 12.2. The number of rotatable bonds is 4. The SMILES string of the molecule is COc1cccc(C(C)CC(=O)O)c1F. The van der Waals surface area contributed by atoms with E-state index in [4.69, 9.17) is 9.84 Å². The smallest absolute Gasteiger partial charge is 0.303 e. The van der Waals surface area contributed by atoms with Gasteiger partial charge in [-0.1, -0.05) is 19.1 Å². The molecular formula is C11H13FO3. The minimum absolute atomic E-state index is 0.0932. The molecule has 15 heavy (non-hydrogen) atoms. The van der Waals surface area contributed by atoms with E-state index in [0.29, 0.717) is 5.56 Å². The standard InChI is InChI=1S/C11H13FO3/c1-7(6-10(13)14)8-4-3-5-9(15-2)11(8)12/h3-5,7H,6H2,1-2H3,(H,13,14). The van der Waals surface area contributed by atoms with Crippen molar-refractivity contribution < 1.29 is 19.0 Å². The maximum atomic E-state index is 13.7. The highest BCUT2D eigenvalue weighted by atomic mass is 19.1. The number of hydrogen-bond acceptors (Lipinski definition) is 2. The largest absolute Gasteiger partial charge is 0.494 e. The van der Waals surface area contributed by atoms with Gasteiger partial charge < -0.3 is 9.84 Å². The molecule has 1 aromatic rings. The predicted molar refractivity (Wildman–Crippen MR) is 53.6 cm³/mol. The zero-order chi connectivity index (χ0) is 11.4. The van der Waals surface area contributed by atoms with Gasteiger partial charge >= 0.3 is 5.97 Å². The molecule has 4 heteroatoms. The lowest BCUT2D eigenvalue weighted by molar-refractivity contribution is -0.137. The molecule has 0 saturated carbocycles. The first-order valence-corrected chi connectivity index (χ1v) is 4.60. The van der Waals surface area contributed by atoms with Crippen LogP contribution in [0.25, 0.3) is 0 Å². The molecule has 0 aliphatic carbocycles. The van der Waals surface area contributed by atoms with Crippen molar-refractivity contribution in [1.29, 1.82) is 0 Å². The lowest BCUT2D eigenvalue weighted by Crippen LogP contribution is -2.05. The molecule has 1 N–H and O–H groups in total. The van der Waals surface area contributed by atoms with Crippen molar-refractivity contribution in [3.8, 4) is 5.75 Å². The average molecular weight is 212 g/mol. The van der Waals surface area contributed by atoms with E-state index in [9.17, 15) is 9.18 Å². The fraction of sp³-hybridized carbons (Fsp3) is 0.364. The Morgan fingerprint density at radius 2 is 2.27 bits per heavy atom. The maximum absolute atomic E-state index is 13.7. The van der Waals surface area contributed by atoms with E-state index in [-0.39, 0.29) is 18.1 Å². The molecule has 1 aromatic carbocycles. The quantitative estimate of drug-likeness (QED) is 0.833. The second-order valence-electron chi connectivity index (χ2n) is 3.36. The summed E-state index contributed by atoms with van der Waals surface area (Å²) in [5, 5.41) is 8.61. The van der Waals surface area contributed by atoms with Gasteiger partial charge in [-0.2, -0.15) is 0 Å². The van der Waals surface area contributed by atoms with Gasteiger partial charge in [0, 0.05) is 0 Å². The number of carbonyl (C=O) groups is 1. The molecule has 0 aromatic heterocycles. The number of aliphatic carboxylic acids is 1. The second-order valence-corrected chi connectivity index (χ2v) is 3.36. The van der Waals surface area contributed by atoms with Crippen LogP contribution in [0.5, 0.6) is 5.75 Å². The van der Waals surface area contributed by atoms with Gasteiger partial charge in [0.2, 0.25) is 0 Å². The van der Waals surface area contributed by atoms with Crippen LogP contribution >= 0.6 is 0 Å². The Bertz CT molecular complexity index is 363. The molecule has 0 bridgehead atoms. The van der Waals surface area contributed by atoms with Gasteiger partial charge in [0.15, 0.2) is 11.6 Å². The summed E-state index contributed by atoms with van der Waals surface area (Å²) < 4.78 is 18.5. The molecule has 82 valence electrons. The van der Waals surface area contributed by atoms with E-state index in [1.807, 2.05) is 0 Å². The van der Waals surface area contributed by atoms with Crippen molar-refractivity contribution in [2.75, 3.05) is 7.11 Å². The first kappa shape index (κ1) is 11.5. The summed E-state index contributed by atoms with van der Waals surface area (Å²) in [4.78, 5) is 10.5. The number of benzene rings is 1. The number of carboxylic acid groups (broad SMARTS) is 1. The third-order valence-corrected chi connectivity index (χ3v) is 2.22. The van der Waals surface area contributed by atoms with Crippen LogP contribution in [0, 0.1) is 5.82 Å². The van der Waals surface area contributed by atoms with Crippen LogP contribution in [0.15, 0.2) is 18.2 Å². The average Bonchev–Trinajstić information content (AvgIpc) is 2.17. The highest BCUT2D eigenvalue weighted by Crippen LogP contribution is 2.27. The van der Waals surface area contributed by atoms with Crippen LogP contribution in [0.3, 0.4) is 0 Å². The Morgan fingerprint density at radius 3 is 2.80 bits per heavy atom. The van der Waals surface area contributed by atoms with Gasteiger partial charge in [-0.3, -0.25) is 4.79 Å². The van der Waals surface area contributed by atoms with Crippen molar-refractivity contribution >= 4 is 5.97 Å². The van der Waals surface area contributed by atoms with Gasteiger partial charge in [0.1, 0.15) is 0 Å². The first-order chi connectivity index (χ1) is 7.06. The third-order valence-electron chi connectivity index (χ3n) is 2.22. The fourth-order valence-corrected chi connectivity index (χ4v) is 1.44. The molecule has 1 atom stereocenters. The zero-order valence-electron chi connectivity index (χ0n) is 8.66. The predicted octanol–water partition coefficient (Wildman–Crippen LogP) is 2.41. The van der Waals surface area contributed by atoms with E-state index in [2.05, 4.69) is 0 Å². The molecule has 0 aliphatic heterocycles. The van der Waals surface area contributed by atoms with E-state index >= 15 is 0 Å². The van der Waals surface area contributed by atoms with Gasteiger partial charge in [-0.25, -0.2) is 4.39 Å². The van der Waals surface area contributed by atoms with Crippen LogP contribution in [0.4, 0.5) is 4.39 Å². The van der Waals surface area contributed by atoms with Gasteiger partial charge in [-0.05, 0) is 17.5 Å². The summed E-state index contributed by atoms with van der Waals surface area (Å²) in [6, 6.07) is 4.73. The third kappa shape index (κ3) is 2.68. The Labute approximate surface area is 87.5 Å². The summed E-state index contributed by atoms with van der Waals surface area (Å²) in [7, 11) is 1.38. The second kappa shape index (κ2) is 4.77. The van der Waals surface area contributed by atoms with E-state index in [0.717, 1.165) is 0 Å². The molecule has 0 heterocycles. The number of methoxy groups -OCH3 is 1. The van der Waals surface area contributed by atoms with Crippen molar-refractivity contribution in [3.05, 3.63) is 29.6 Å². The van der Waals surface area contributed by atoms with Crippen LogP contribution in [-0.4, -0.2) is 18.2 Å². The molecule has 0 spiro atoms. The Hall–Kier alpha value is -1.58. The van der Waals surface area contributed by atoms with Crippen LogP contribution in [0.2, 0.25) is 0 Å². The minimum atomic E-state index is -0.940. The summed E-state index contributed by atoms with van der Waals surface area (Å²) in [5.74, 6) is -1.64. The first-order valence-electron chi connectivity index (χ1n) is 4.60. The van der Waals surface area contributed by atoms with Crippen molar-refractivity contribution in [2.45, 2.75) is 19.3 Å². The molecule has 0 fully saturated rings. The summed E-state index contributed by atoms with van der Waals surface area (Å²) >= 11 is 0. The van der Waals surface area contributed by atoms with Crippen LogP contribution in [0.1, 0.15) is 24.8 Å². The molecule has 0 radical (unpaired) electrons. The maximum Gasteiger partial charge on any atom is 0.303 e. The lowest BCUT2D eigenvalue weighted by Gasteiger charge is -2.12. The van der Waals surface area contributed by atoms with E-state index in [1.165, 1.54) is 13.2 Å². The summed E-state index contributed by atoms with van der Waals surface area (Å²) in [6.45, 7) is 1.67. The van der Waals surface area contributed by atoms with Gasteiger partial charge in [-0.15, -0.1) is 0 Å². The molecule has 0 saturated heterocycles. The van der Waals surface area contributed by atoms with E-state index < -0.39 is 11.8 Å². The molecule has 1 unspecified atom stereocenters. The summed E-state index contributed by atoms with van der Waals surface area (Å²) in [6.07, 6.45) is -0.0932. The summed E-state index contributed by atoms with van der Waals surface area (Å²) in [5.41, 5.74) is 0.372. The Balaban J connectivity index is 2.98. The van der Waals surface area contributed by atoms with E-state index in [1.54, 1.807) is 19.1 Å². The molecule has 3 nitrogen and oxygen atoms in total. The van der Waals surface area contributed by atoms with Crippen LogP contribution < -0.4 is 4.74 Å². The molecule has 1 rings (SSSR count). The molecule has 0 amide bonds. The Morgan fingerprint density at radius 1 is 1.60 bits per heavy atom. The van der Waals surface area contributed by atoms with Crippen molar-refractivity contribution in [2.24, 2.45) is 0 Å². The number of hydrogen-bond donors (Lipinski definition) is 1. The highest BCUT2D eigenvalue weighted by Gasteiger charge is 2.16. The topological polar surface area (TPSA) is 46.5 Å². The lowest BCUT2D eigenvalue weighted by atomic mass is 9.97. The number of carboxylic acids is 1. The van der Waals surface area contributed by atoms with Gasteiger partial charge in [0.25, 0.3) is 0 Å². The highest BCUT2D eigenvalue weighted by molar-refractivity contribution is 5.68. The van der Waals surface area contributed by atoms with Crippen molar-refractivity contribution in [3.63, 3.8) is 0 Å². The Kier molecular flexibility index (Phi) is 3.66. The monoisotopic (exact) mass is 212 g/mol. The molecular weight excluding hydrogens is 199 g/mol. The van der Waals surface area contributed by atoms with Crippen molar-refractivity contribution in [1.82, 2.24) is 0 Å². The molecule has 0 aliphatic rings. The van der Waals surface area contributed by atoms with Crippen LogP contribution in [-0.2, 0) is 4.79 Å². The zero-order valence-corrected chi connectivity index (χ0v) is 8.66. The fourth-order valence-electron chi connectivity index (χ4n) is 1.44. The van der Waals surface area contributed by atoms with Gasteiger partial charge in [0.05, 0.1) is 13.5 Å². The number of halogens is 1. The number of ether oxygens (including phenoxy) is 1.